The Kier molecular flexibility index (Phi) is 7.45. The number of benzene rings is 2. The number of carbonyl (C=O) groups is 1. The van der Waals surface area contributed by atoms with Gasteiger partial charge in [-0.2, -0.15) is 5.10 Å². The highest BCUT2D eigenvalue weighted by molar-refractivity contribution is 9.10. The summed E-state index contributed by atoms with van der Waals surface area (Å²) in [7, 11) is 1.73. The highest BCUT2D eigenvalue weighted by Crippen LogP contribution is 2.32. The molecule has 0 spiro atoms. The van der Waals surface area contributed by atoms with Crippen molar-refractivity contribution in [1.29, 1.82) is 0 Å². The van der Waals surface area contributed by atoms with Gasteiger partial charge in [-0.25, -0.2) is 0 Å². The van der Waals surface area contributed by atoms with Crippen molar-refractivity contribution >= 4 is 21.8 Å². The van der Waals surface area contributed by atoms with Crippen molar-refractivity contribution in [2.24, 2.45) is 0 Å². The molecule has 0 bridgehead atoms. The number of aryl methyl sites for hydroxylation is 1. The molecule has 2 aromatic heterocycles. The Labute approximate surface area is 214 Å². The molecule has 0 atom stereocenters. The van der Waals surface area contributed by atoms with Crippen LogP contribution in [0, 0.1) is 0 Å². The molecule has 0 unspecified atom stereocenters. The molecule has 2 heterocycles. The highest BCUT2D eigenvalue weighted by atomic mass is 79.9. The Balaban J connectivity index is 1.35. The van der Waals surface area contributed by atoms with E-state index in [1.807, 2.05) is 36.0 Å². The first-order valence-corrected chi connectivity index (χ1v) is 12.4. The zero-order valence-corrected chi connectivity index (χ0v) is 22.1. The van der Waals surface area contributed by atoms with Gasteiger partial charge in [0, 0.05) is 25.2 Å². The van der Waals surface area contributed by atoms with E-state index in [9.17, 15) is 4.79 Å². The van der Waals surface area contributed by atoms with E-state index in [0.717, 1.165) is 22.5 Å². The number of hydrogen-bond acceptors (Lipinski definition) is 4. The van der Waals surface area contributed by atoms with Crippen LogP contribution in [0.1, 0.15) is 53.9 Å². The van der Waals surface area contributed by atoms with Crippen LogP contribution in [0.15, 0.2) is 81.8 Å². The van der Waals surface area contributed by atoms with Gasteiger partial charge < -0.3 is 14.1 Å². The lowest BCUT2D eigenvalue weighted by Crippen LogP contribution is -2.26. The van der Waals surface area contributed by atoms with Gasteiger partial charge in [0.15, 0.2) is 5.76 Å². The van der Waals surface area contributed by atoms with Gasteiger partial charge in [-0.3, -0.25) is 9.48 Å². The Morgan fingerprint density at radius 2 is 1.74 bits per heavy atom. The van der Waals surface area contributed by atoms with E-state index in [-0.39, 0.29) is 23.7 Å². The van der Waals surface area contributed by atoms with Crippen LogP contribution in [0.5, 0.6) is 5.75 Å². The van der Waals surface area contributed by atoms with Gasteiger partial charge in [-0.1, -0.05) is 56.3 Å². The molecule has 0 saturated heterocycles. The van der Waals surface area contributed by atoms with Crippen molar-refractivity contribution in [3.63, 3.8) is 0 Å². The smallest absolute Gasteiger partial charge is 0.289 e. The molecule has 2 aromatic carbocycles. The lowest BCUT2D eigenvalue weighted by Gasteiger charge is -2.26. The van der Waals surface area contributed by atoms with Crippen LogP contribution in [0.2, 0.25) is 0 Å². The van der Waals surface area contributed by atoms with E-state index in [4.69, 9.17) is 9.15 Å². The summed E-state index contributed by atoms with van der Waals surface area (Å²) in [6.45, 7) is 7.83. The number of ether oxygens (including phenoxy) is 1. The fraction of sp³-hybridized carbons (Fsp3) is 0.286. The van der Waals surface area contributed by atoms with Gasteiger partial charge in [-0.05, 0) is 58.2 Å². The third kappa shape index (κ3) is 5.68. The standard InChI is InChI=1S/C28H30BrN3O3/c1-5-32-17-24(29)25(30-32)18-31(4)27(33)26-16-15-23(35-26)19-34-22-13-11-21(12-14-22)28(2,3)20-9-7-6-8-10-20/h6-17H,5,18-19H2,1-4H3. The third-order valence-corrected chi connectivity index (χ3v) is 6.83. The van der Waals surface area contributed by atoms with Gasteiger partial charge >= 0.3 is 0 Å². The molecular weight excluding hydrogens is 506 g/mol. The van der Waals surface area contributed by atoms with Crippen LogP contribution in [0.25, 0.3) is 0 Å². The maximum atomic E-state index is 12.8. The van der Waals surface area contributed by atoms with E-state index < -0.39 is 0 Å². The Morgan fingerprint density at radius 1 is 1.06 bits per heavy atom. The summed E-state index contributed by atoms with van der Waals surface area (Å²) in [6.07, 6.45) is 1.91. The molecule has 4 aromatic rings. The van der Waals surface area contributed by atoms with Gasteiger partial charge in [-0.15, -0.1) is 0 Å². The van der Waals surface area contributed by atoms with Crippen molar-refractivity contribution in [3.8, 4) is 5.75 Å². The lowest BCUT2D eigenvalue weighted by molar-refractivity contribution is 0.0747. The summed E-state index contributed by atoms with van der Waals surface area (Å²) in [5, 5.41) is 4.48. The molecule has 7 heteroatoms. The van der Waals surface area contributed by atoms with E-state index in [1.165, 1.54) is 11.1 Å². The molecule has 1 amide bonds. The first kappa shape index (κ1) is 24.8. The molecule has 0 N–H and O–H groups in total. The normalized spacial score (nSPS) is 11.5. The summed E-state index contributed by atoms with van der Waals surface area (Å²) in [4.78, 5) is 14.4. The van der Waals surface area contributed by atoms with Crippen LogP contribution in [-0.2, 0) is 25.1 Å². The van der Waals surface area contributed by atoms with Crippen LogP contribution in [0.3, 0.4) is 0 Å². The molecule has 0 aliphatic rings. The number of aromatic nitrogens is 2. The second-order valence-corrected chi connectivity index (χ2v) is 9.87. The zero-order chi connectivity index (χ0) is 25.0. The van der Waals surface area contributed by atoms with Crippen molar-refractivity contribution in [2.45, 2.75) is 45.9 Å². The van der Waals surface area contributed by atoms with Gasteiger partial charge in [0.2, 0.25) is 0 Å². The van der Waals surface area contributed by atoms with Crippen molar-refractivity contribution in [2.75, 3.05) is 7.05 Å². The summed E-state index contributed by atoms with van der Waals surface area (Å²) in [5.74, 6) is 1.40. The molecule has 6 nitrogen and oxygen atoms in total. The number of amides is 1. The fourth-order valence-corrected chi connectivity index (χ4v) is 4.35. The summed E-state index contributed by atoms with van der Waals surface area (Å²) in [6, 6.07) is 22.0. The number of nitrogens with zero attached hydrogens (tertiary/aromatic N) is 3. The molecule has 35 heavy (non-hydrogen) atoms. The van der Waals surface area contributed by atoms with Crippen molar-refractivity contribution < 1.29 is 13.9 Å². The second-order valence-electron chi connectivity index (χ2n) is 9.01. The number of hydrogen-bond donors (Lipinski definition) is 0. The monoisotopic (exact) mass is 535 g/mol. The van der Waals surface area contributed by atoms with Crippen LogP contribution >= 0.6 is 15.9 Å². The first-order chi connectivity index (χ1) is 16.8. The topological polar surface area (TPSA) is 60.5 Å². The van der Waals surface area contributed by atoms with E-state index >= 15 is 0 Å². The average Bonchev–Trinajstić information content (AvgIpc) is 3.49. The van der Waals surface area contributed by atoms with E-state index in [2.05, 4.69) is 71.3 Å². The molecule has 182 valence electrons. The number of carbonyl (C=O) groups excluding carboxylic acids is 1. The quantitative estimate of drug-likeness (QED) is 0.247. The van der Waals surface area contributed by atoms with Crippen LogP contribution < -0.4 is 4.74 Å². The van der Waals surface area contributed by atoms with Crippen molar-refractivity contribution in [1.82, 2.24) is 14.7 Å². The molecule has 0 aliphatic heterocycles. The van der Waals surface area contributed by atoms with Crippen LogP contribution in [-0.4, -0.2) is 27.6 Å². The van der Waals surface area contributed by atoms with E-state index in [1.54, 1.807) is 24.1 Å². The lowest BCUT2D eigenvalue weighted by atomic mass is 9.78. The van der Waals surface area contributed by atoms with Gasteiger partial charge in [0.1, 0.15) is 18.1 Å². The Hall–Kier alpha value is -3.32. The zero-order valence-electron chi connectivity index (χ0n) is 20.5. The highest BCUT2D eigenvalue weighted by Gasteiger charge is 2.23. The maximum Gasteiger partial charge on any atom is 0.289 e. The maximum absolute atomic E-state index is 12.8. The minimum atomic E-state index is -0.207. The number of rotatable bonds is 9. The number of halogens is 1. The second kappa shape index (κ2) is 10.5. The molecule has 0 aliphatic carbocycles. The molecule has 0 radical (unpaired) electrons. The summed E-state index contributed by atoms with van der Waals surface area (Å²) in [5.41, 5.74) is 3.17. The summed E-state index contributed by atoms with van der Waals surface area (Å²) >= 11 is 3.50. The Morgan fingerprint density at radius 3 is 2.40 bits per heavy atom. The minimum Gasteiger partial charge on any atom is -0.486 e. The predicted molar refractivity (Wildman–Crippen MR) is 139 cm³/mol. The molecule has 0 saturated carbocycles. The van der Waals surface area contributed by atoms with Gasteiger partial charge in [0.25, 0.3) is 5.91 Å². The largest absolute Gasteiger partial charge is 0.486 e. The number of furan rings is 1. The molecule has 0 fully saturated rings. The fourth-order valence-electron chi connectivity index (χ4n) is 3.90. The molecule has 4 rings (SSSR count). The minimum absolute atomic E-state index is 0.105. The van der Waals surface area contributed by atoms with Gasteiger partial charge in [0.05, 0.1) is 16.7 Å². The van der Waals surface area contributed by atoms with Crippen molar-refractivity contribution in [3.05, 3.63) is 106 Å². The van der Waals surface area contributed by atoms with E-state index in [0.29, 0.717) is 12.3 Å². The third-order valence-electron chi connectivity index (χ3n) is 6.17. The summed E-state index contributed by atoms with van der Waals surface area (Å²) < 4.78 is 14.4. The molecular formula is C28H30BrN3O3. The van der Waals surface area contributed by atoms with Crippen LogP contribution in [0.4, 0.5) is 0 Å². The predicted octanol–water partition coefficient (Wildman–Crippen LogP) is 6.44. The first-order valence-electron chi connectivity index (χ1n) is 11.6. The Bertz CT molecular complexity index is 1280. The SMILES string of the molecule is CCn1cc(Br)c(CN(C)C(=O)c2ccc(COc3ccc(C(C)(C)c4ccccc4)cc3)o2)n1. The average molecular weight is 536 g/mol.